The summed E-state index contributed by atoms with van der Waals surface area (Å²) >= 11 is 0. The molecule has 1 aliphatic rings. The van der Waals surface area contributed by atoms with Crippen molar-refractivity contribution in [3.05, 3.63) is 30.1 Å². The van der Waals surface area contributed by atoms with E-state index in [2.05, 4.69) is 0 Å². The van der Waals surface area contributed by atoms with Crippen molar-refractivity contribution in [3.8, 4) is 6.07 Å². The summed E-state index contributed by atoms with van der Waals surface area (Å²) < 4.78 is 37.3. The molecule has 0 N–H and O–H groups in total. The van der Waals surface area contributed by atoms with Crippen LogP contribution in [0.4, 0.5) is 4.39 Å². The minimum atomic E-state index is -3.97. The number of benzene rings is 1. The molecular formula is C13H14FNO2S. The van der Waals surface area contributed by atoms with Gasteiger partial charge in [-0.1, -0.05) is 25.5 Å². The third-order valence-electron chi connectivity index (χ3n) is 3.78. The van der Waals surface area contributed by atoms with Crippen LogP contribution in [0.15, 0.2) is 29.2 Å². The fourth-order valence-electron chi connectivity index (χ4n) is 2.63. The molecular weight excluding hydrogens is 253 g/mol. The van der Waals surface area contributed by atoms with Gasteiger partial charge < -0.3 is 0 Å². The van der Waals surface area contributed by atoms with Crippen LogP contribution in [0.3, 0.4) is 0 Å². The Morgan fingerprint density at radius 1 is 1.44 bits per heavy atom. The average molecular weight is 267 g/mol. The van der Waals surface area contributed by atoms with Gasteiger partial charge in [0.25, 0.3) is 0 Å². The molecule has 0 radical (unpaired) electrons. The second-order valence-corrected chi connectivity index (χ2v) is 6.90. The monoisotopic (exact) mass is 267 g/mol. The largest absolute Gasteiger partial charge is 0.222 e. The molecule has 0 bridgehead atoms. The van der Waals surface area contributed by atoms with E-state index < -0.39 is 20.4 Å². The Labute approximate surface area is 106 Å². The first kappa shape index (κ1) is 13.0. The van der Waals surface area contributed by atoms with E-state index >= 15 is 0 Å². The van der Waals surface area contributed by atoms with Gasteiger partial charge in [-0.15, -0.1) is 0 Å². The maximum absolute atomic E-state index is 13.7. The minimum absolute atomic E-state index is 0.271. The maximum Gasteiger partial charge on any atom is 0.200 e. The smallest absolute Gasteiger partial charge is 0.200 e. The van der Waals surface area contributed by atoms with E-state index in [1.165, 1.54) is 18.2 Å². The molecule has 0 heterocycles. The van der Waals surface area contributed by atoms with Gasteiger partial charge in [0.15, 0.2) is 4.75 Å². The van der Waals surface area contributed by atoms with Gasteiger partial charge in [0, 0.05) is 0 Å². The van der Waals surface area contributed by atoms with Crippen molar-refractivity contribution in [1.82, 2.24) is 0 Å². The van der Waals surface area contributed by atoms with Crippen molar-refractivity contribution in [3.63, 3.8) is 0 Å². The predicted octanol–water partition coefficient (Wildman–Crippen LogP) is 2.68. The third kappa shape index (κ3) is 1.64. The highest BCUT2D eigenvalue weighted by molar-refractivity contribution is 7.93. The van der Waals surface area contributed by atoms with Crippen LogP contribution < -0.4 is 0 Å². The normalized spacial score (nSPS) is 27.9. The molecule has 1 aromatic rings. The highest BCUT2D eigenvalue weighted by Gasteiger charge is 2.53. The fourth-order valence-corrected chi connectivity index (χ4v) is 4.79. The molecule has 5 heteroatoms. The summed E-state index contributed by atoms with van der Waals surface area (Å²) in [6, 6.07) is 7.19. The number of rotatable bonds is 2. The molecule has 0 spiro atoms. The van der Waals surface area contributed by atoms with Crippen LogP contribution >= 0.6 is 0 Å². The Morgan fingerprint density at radius 2 is 2.11 bits per heavy atom. The van der Waals surface area contributed by atoms with E-state index in [1.807, 2.05) is 6.07 Å². The summed E-state index contributed by atoms with van der Waals surface area (Å²) in [5, 5.41) is 9.32. The van der Waals surface area contributed by atoms with E-state index in [9.17, 15) is 18.1 Å². The van der Waals surface area contributed by atoms with Crippen molar-refractivity contribution >= 4 is 9.84 Å². The molecule has 1 saturated carbocycles. The van der Waals surface area contributed by atoms with Crippen LogP contribution in [0, 0.1) is 23.1 Å². The van der Waals surface area contributed by atoms with Gasteiger partial charge in [-0.2, -0.15) is 5.26 Å². The fraction of sp³-hybridized carbons (Fsp3) is 0.462. The lowest BCUT2D eigenvalue weighted by molar-refractivity contribution is 0.487. The molecule has 96 valence electrons. The molecule has 0 aromatic heterocycles. The van der Waals surface area contributed by atoms with E-state index in [1.54, 1.807) is 6.92 Å². The number of hydrogen-bond acceptors (Lipinski definition) is 3. The molecule has 0 aliphatic heterocycles. The second kappa shape index (κ2) is 4.36. The summed E-state index contributed by atoms with van der Waals surface area (Å²) in [5.41, 5.74) is 0. The molecule has 0 saturated heterocycles. The average Bonchev–Trinajstić information content (AvgIpc) is 2.72. The van der Waals surface area contributed by atoms with Gasteiger partial charge in [-0.3, -0.25) is 0 Å². The third-order valence-corrected chi connectivity index (χ3v) is 6.34. The highest BCUT2D eigenvalue weighted by atomic mass is 32.2. The van der Waals surface area contributed by atoms with E-state index in [0.717, 1.165) is 6.07 Å². The SMILES string of the molecule is CC1CCCC1(C#N)S(=O)(=O)c1ccccc1F. The maximum atomic E-state index is 13.7. The van der Waals surface area contributed by atoms with Crippen LogP contribution in [0.25, 0.3) is 0 Å². The molecule has 18 heavy (non-hydrogen) atoms. The lowest BCUT2D eigenvalue weighted by atomic mass is 9.99. The molecule has 1 aliphatic carbocycles. The van der Waals surface area contributed by atoms with E-state index in [-0.39, 0.29) is 17.2 Å². The second-order valence-electron chi connectivity index (χ2n) is 4.73. The van der Waals surface area contributed by atoms with Crippen LogP contribution in [-0.2, 0) is 9.84 Å². The zero-order chi connectivity index (χ0) is 13.4. The van der Waals surface area contributed by atoms with Gasteiger partial charge in [-0.25, -0.2) is 12.8 Å². The van der Waals surface area contributed by atoms with Crippen molar-refractivity contribution in [2.75, 3.05) is 0 Å². The van der Waals surface area contributed by atoms with Gasteiger partial charge in [0.05, 0.1) is 6.07 Å². The van der Waals surface area contributed by atoms with Gasteiger partial charge in [0.2, 0.25) is 9.84 Å². The van der Waals surface area contributed by atoms with Crippen molar-refractivity contribution < 1.29 is 12.8 Å². The molecule has 2 atom stereocenters. The summed E-state index contributed by atoms with van der Waals surface area (Å²) in [6.45, 7) is 1.74. The zero-order valence-corrected chi connectivity index (χ0v) is 10.9. The van der Waals surface area contributed by atoms with Crippen LogP contribution in [0.1, 0.15) is 26.2 Å². The first-order valence-corrected chi connectivity index (χ1v) is 7.34. The minimum Gasteiger partial charge on any atom is -0.222 e. The molecule has 1 aromatic carbocycles. The van der Waals surface area contributed by atoms with Crippen LogP contribution in [0.2, 0.25) is 0 Å². The predicted molar refractivity (Wildman–Crippen MR) is 64.9 cm³/mol. The highest BCUT2D eigenvalue weighted by Crippen LogP contribution is 2.44. The standard InChI is InChI=1S/C13H14FNO2S/c1-10-5-4-8-13(10,9-15)18(16,17)12-7-3-2-6-11(12)14/h2-3,6-7,10H,4-5,8H2,1H3. The number of sulfone groups is 1. The molecule has 2 rings (SSSR count). The zero-order valence-electron chi connectivity index (χ0n) is 10.1. The number of hydrogen-bond donors (Lipinski definition) is 0. The Morgan fingerprint density at radius 3 is 2.61 bits per heavy atom. The topological polar surface area (TPSA) is 57.9 Å². The summed E-state index contributed by atoms with van der Waals surface area (Å²) in [6.07, 6.45) is 1.64. The van der Waals surface area contributed by atoms with E-state index in [4.69, 9.17) is 0 Å². The van der Waals surface area contributed by atoms with Crippen molar-refractivity contribution in [2.24, 2.45) is 5.92 Å². The van der Waals surface area contributed by atoms with E-state index in [0.29, 0.717) is 12.8 Å². The van der Waals surface area contributed by atoms with Gasteiger partial charge in [0.1, 0.15) is 10.7 Å². The summed E-state index contributed by atoms with van der Waals surface area (Å²) in [4.78, 5) is -0.361. The van der Waals surface area contributed by atoms with Gasteiger partial charge >= 0.3 is 0 Å². The molecule has 1 fully saturated rings. The number of nitriles is 1. The lowest BCUT2D eigenvalue weighted by Crippen LogP contribution is -2.40. The number of halogens is 1. The Bertz CT molecular complexity index is 606. The Hall–Kier alpha value is -1.41. The van der Waals surface area contributed by atoms with Crippen LogP contribution in [-0.4, -0.2) is 13.2 Å². The van der Waals surface area contributed by atoms with Crippen molar-refractivity contribution in [2.45, 2.75) is 35.8 Å². The Kier molecular flexibility index (Phi) is 3.16. The van der Waals surface area contributed by atoms with Gasteiger partial charge in [-0.05, 0) is 30.9 Å². The van der Waals surface area contributed by atoms with Crippen LogP contribution in [0.5, 0.6) is 0 Å². The first-order valence-electron chi connectivity index (χ1n) is 5.86. The lowest BCUT2D eigenvalue weighted by Gasteiger charge is -2.26. The summed E-state index contributed by atoms with van der Waals surface area (Å²) in [7, 11) is -3.97. The molecule has 3 nitrogen and oxygen atoms in total. The quantitative estimate of drug-likeness (QED) is 0.827. The molecule has 2 unspecified atom stereocenters. The first-order chi connectivity index (χ1) is 8.45. The summed E-state index contributed by atoms with van der Waals surface area (Å²) in [5.74, 6) is -1.06. The molecule has 0 amide bonds. The number of nitrogens with zero attached hydrogens (tertiary/aromatic N) is 1. The van der Waals surface area contributed by atoms with Crippen molar-refractivity contribution in [1.29, 1.82) is 5.26 Å². The Balaban J connectivity index is 2.63.